The first-order chi connectivity index (χ1) is 7.34. The molecular weight excluding hydrogens is 272 g/mol. The van der Waals surface area contributed by atoms with Crippen molar-refractivity contribution in [3.05, 3.63) is 44.8 Å². The Kier molecular flexibility index (Phi) is 2.33. The van der Waals surface area contributed by atoms with Gasteiger partial charge < -0.3 is 0 Å². The molecular formula is C11H9BrN2S. The summed E-state index contributed by atoms with van der Waals surface area (Å²) in [5.74, 6) is 1.25. The van der Waals surface area contributed by atoms with Gasteiger partial charge in [0.2, 0.25) is 0 Å². The number of halogens is 1. The normalized spacial score (nSPS) is 24.1. The molecule has 0 bridgehead atoms. The predicted molar refractivity (Wildman–Crippen MR) is 64.2 cm³/mol. The van der Waals surface area contributed by atoms with E-state index < -0.39 is 0 Å². The third-order valence-corrected chi connectivity index (χ3v) is 4.24. The van der Waals surface area contributed by atoms with E-state index in [4.69, 9.17) is 0 Å². The van der Waals surface area contributed by atoms with Gasteiger partial charge in [-0.05, 0) is 33.8 Å². The topological polar surface area (TPSA) is 25.8 Å². The van der Waals surface area contributed by atoms with Gasteiger partial charge in [-0.25, -0.2) is 0 Å². The van der Waals surface area contributed by atoms with Gasteiger partial charge in [-0.15, -0.1) is 10.2 Å². The van der Waals surface area contributed by atoms with E-state index >= 15 is 0 Å². The first-order valence-electron chi connectivity index (χ1n) is 4.88. The van der Waals surface area contributed by atoms with Crippen LogP contribution >= 0.6 is 27.3 Å². The first-order valence-corrected chi connectivity index (χ1v) is 6.49. The third kappa shape index (κ3) is 1.84. The minimum Gasteiger partial charge on any atom is -0.142 e. The van der Waals surface area contributed by atoms with Gasteiger partial charge in [0.1, 0.15) is 5.01 Å². The molecule has 3 rings (SSSR count). The molecule has 0 radical (unpaired) electrons. The maximum absolute atomic E-state index is 4.18. The molecule has 0 aliphatic heterocycles. The molecule has 2 unspecified atom stereocenters. The molecule has 1 fully saturated rings. The summed E-state index contributed by atoms with van der Waals surface area (Å²) in [5.41, 5.74) is 1.42. The molecule has 2 atom stereocenters. The summed E-state index contributed by atoms with van der Waals surface area (Å²) < 4.78 is 0.885. The summed E-state index contributed by atoms with van der Waals surface area (Å²) in [6.07, 6.45) is 1.21. The Balaban J connectivity index is 1.80. The van der Waals surface area contributed by atoms with Crippen LogP contribution in [0.3, 0.4) is 0 Å². The molecule has 15 heavy (non-hydrogen) atoms. The molecule has 76 valence electrons. The molecule has 0 amide bonds. The second-order valence-corrected chi connectivity index (χ2v) is 6.04. The first kappa shape index (κ1) is 9.48. The van der Waals surface area contributed by atoms with Gasteiger partial charge in [0.05, 0.1) is 0 Å². The summed E-state index contributed by atoms with van der Waals surface area (Å²) in [6, 6.07) is 10.6. The van der Waals surface area contributed by atoms with Crippen LogP contribution in [0.15, 0.2) is 34.2 Å². The molecule has 1 aliphatic rings. The van der Waals surface area contributed by atoms with Crippen LogP contribution in [-0.4, -0.2) is 10.2 Å². The van der Waals surface area contributed by atoms with Crippen molar-refractivity contribution < 1.29 is 0 Å². The molecule has 4 heteroatoms. The standard InChI is InChI=1S/C11H9BrN2S/c12-11-14-13-10(15-11)9-6-8(9)7-4-2-1-3-5-7/h1-5,8-9H,6H2. The maximum Gasteiger partial charge on any atom is 0.183 e. The van der Waals surface area contributed by atoms with E-state index in [1.54, 1.807) is 11.3 Å². The summed E-state index contributed by atoms with van der Waals surface area (Å²) in [5, 5.41) is 9.33. The average molecular weight is 281 g/mol. The van der Waals surface area contributed by atoms with Crippen molar-refractivity contribution in [3.63, 3.8) is 0 Å². The number of aromatic nitrogens is 2. The van der Waals surface area contributed by atoms with Crippen LogP contribution in [0.25, 0.3) is 0 Å². The zero-order valence-electron chi connectivity index (χ0n) is 7.93. The fourth-order valence-electron chi connectivity index (χ4n) is 1.90. The molecule has 1 heterocycles. The van der Waals surface area contributed by atoms with Gasteiger partial charge in [-0.3, -0.25) is 0 Å². The highest BCUT2D eigenvalue weighted by Gasteiger charge is 2.41. The summed E-state index contributed by atoms with van der Waals surface area (Å²) >= 11 is 5.00. The van der Waals surface area contributed by atoms with Crippen LogP contribution in [0.1, 0.15) is 28.8 Å². The molecule has 1 aromatic carbocycles. The van der Waals surface area contributed by atoms with E-state index in [0.717, 1.165) is 8.92 Å². The summed E-state index contributed by atoms with van der Waals surface area (Å²) in [4.78, 5) is 0. The minimum absolute atomic E-state index is 0.594. The van der Waals surface area contributed by atoms with Crippen molar-refractivity contribution in [2.24, 2.45) is 0 Å². The number of benzene rings is 1. The summed E-state index contributed by atoms with van der Waals surface area (Å²) in [6.45, 7) is 0. The fourth-order valence-corrected chi connectivity index (χ4v) is 3.23. The SMILES string of the molecule is Brc1nnc(C2CC2c2ccccc2)s1. The second kappa shape index (κ2) is 3.68. The third-order valence-electron chi connectivity index (χ3n) is 2.75. The largest absolute Gasteiger partial charge is 0.183 e. The molecule has 1 aromatic heterocycles. The van der Waals surface area contributed by atoms with Gasteiger partial charge in [-0.1, -0.05) is 41.7 Å². The Bertz CT molecular complexity index is 468. The monoisotopic (exact) mass is 280 g/mol. The van der Waals surface area contributed by atoms with Crippen LogP contribution in [0.5, 0.6) is 0 Å². The van der Waals surface area contributed by atoms with Crippen molar-refractivity contribution in [1.29, 1.82) is 0 Å². The van der Waals surface area contributed by atoms with Crippen LogP contribution in [-0.2, 0) is 0 Å². The van der Waals surface area contributed by atoms with E-state index in [-0.39, 0.29) is 0 Å². The number of hydrogen-bond acceptors (Lipinski definition) is 3. The van der Waals surface area contributed by atoms with E-state index in [1.807, 2.05) is 0 Å². The van der Waals surface area contributed by atoms with Crippen LogP contribution in [0.2, 0.25) is 0 Å². The van der Waals surface area contributed by atoms with Crippen molar-refractivity contribution >= 4 is 27.3 Å². The average Bonchev–Trinajstić information content (AvgIpc) is 2.96. The van der Waals surface area contributed by atoms with Crippen LogP contribution in [0, 0.1) is 0 Å². The minimum atomic E-state index is 0.594. The molecule has 0 N–H and O–H groups in total. The van der Waals surface area contributed by atoms with Crippen molar-refractivity contribution in [1.82, 2.24) is 10.2 Å². The highest BCUT2D eigenvalue weighted by Crippen LogP contribution is 2.55. The Morgan fingerprint density at radius 1 is 1.13 bits per heavy atom. The smallest absolute Gasteiger partial charge is 0.142 e. The van der Waals surface area contributed by atoms with Crippen molar-refractivity contribution in [3.8, 4) is 0 Å². The van der Waals surface area contributed by atoms with E-state index in [2.05, 4.69) is 56.5 Å². The highest BCUT2D eigenvalue weighted by atomic mass is 79.9. The van der Waals surface area contributed by atoms with Crippen LogP contribution < -0.4 is 0 Å². The zero-order valence-corrected chi connectivity index (χ0v) is 10.3. The van der Waals surface area contributed by atoms with Gasteiger partial charge in [0, 0.05) is 5.92 Å². The molecule has 0 saturated heterocycles. The lowest BCUT2D eigenvalue weighted by Gasteiger charge is -1.96. The predicted octanol–water partition coefficient (Wildman–Crippen LogP) is 3.57. The second-order valence-electron chi connectivity index (χ2n) is 3.75. The molecule has 0 spiro atoms. The van der Waals surface area contributed by atoms with E-state index in [1.165, 1.54) is 12.0 Å². The Hall–Kier alpha value is -0.740. The Morgan fingerprint density at radius 2 is 1.93 bits per heavy atom. The van der Waals surface area contributed by atoms with Crippen LogP contribution in [0.4, 0.5) is 0 Å². The molecule has 2 aromatic rings. The summed E-state index contributed by atoms with van der Waals surface area (Å²) in [7, 11) is 0. The lowest BCUT2D eigenvalue weighted by atomic mass is 10.1. The van der Waals surface area contributed by atoms with Crippen molar-refractivity contribution in [2.45, 2.75) is 18.3 Å². The van der Waals surface area contributed by atoms with E-state index in [9.17, 15) is 0 Å². The van der Waals surface area contributed by atoms with Gasteiger partial charge in [-0.2, -0.15) is 0 Å². The van der Waals surface area contributed by atoms with Gasteiger partial charge in [0.15, 0.2) is 3.92 Å². The highest BCUT2D eigenvalue weighted by molar-refractivity contribution is 9.11. The molecule has 1 saturated carbocycles. The van der Waals surface area contributed by atoms with E-state index in [0.29, 0.717) is 11.8 Å². The number of rotatable bonds is 2. The van der Waals surface area contributed by atoms with Gasteiger partial charge >= 0.3 is 0 Å². The van der Waals surface area contributed by atoms with Crippen molar-refractivity contribution in [2.75, 3.05) is 0 Å². The molecule has 2 nitrogen and oxygen atoms in total. The quantitative estimate of drug-likeness (QED) is 0.841. The number of nitrogens with zero attached hydrogens (tertiary/aromatic N) is 2. The maximum atomic E-state index is 4.18. The molecule has 1 aliphatic carbocycles. The zero-order chi connectivity index (χ0) is 10.3. The fraction of sp³-hybridized carbons (Fsp3) is 0.273. The van der Waals surface area contributed by atoms with Gasteiger partial charge in [0.25, 0.3) is 0 Å². The lowest BCUT2D eigenvalue weighted by molar-refractivity contribution is 0.938. The Labute approximate surface area is 100 Å². The lowest BCUT2D eigenvalue weighted by Crippen LogP contribution is -1.83. The Morgan fingerprint density at radius 3 is 2.60 bits per heavy atom. The number of hydrogen-bond donors (Lipinski definition) is 0.